The van der Waals surface area contributed by atoms with Crippen molar-refractivity contribution in [3.8, 4) is 0 Å². The molecule has 1 atom stereocenters. The van der Waals surface area contributed by atoms with Crippen molar-refractivity contribution in [2.45, 2.75) is 12.5 Å². The van der Waals surface area contributed by atoms with Crippen LogP contribution < -0.4 is 10.7 Å². The Morgan fingerprint density at radius 3 is 3.00 bits per heavy atom. The number of benzene rings is 1. The Kier molecular flexibility index (Phi) is 3.34. The minimum Gasteiger partial charge on any atom is -0.324 e. The fourth-order valence-electron chi connectivity index (χ4n) is 2.27. The topological polar surface area (TPSA) is 77.0 Å². The van der Waals surface area contributed by atoms with E-state index >= 15 is 0 Å². The molecule has 20 heavy (non-hydrogen) atoms. The smallest absolute Gasteiger partial charge is 0.267 e. The van der Waals surface area contributed by atoms with Crippen LogP contribution in [0, 0.1) is 0 Å². The van der Waals surface area contributed by atoms with Crippen LogP contribution in [0.25, 0.3) is 0 Å². The molecule has 2 aliphatic heterocycles. The number of nitrogens with one attached hydrogen (secondary N) is 2. The number of fused-ring (bicyclic) bond motifs is 1. The molecule has 3 rings (SSSR count). The van der Waals surface area contributed by atoms with Crippen molar-refractivity contribution >= 4 is 23.8 Å². The molecule has 1 fully saturated rings. The first-order chi connectivity index (χ1) is 9.74. The molecule has 0 radical (unpaired) electrons. The van der Waals surface area contributed by atoms with E-state index in [2.05, 4.69) is 15.8 Å². The number of hydrazone groups is 1. The summed E-state index contributed by atoms with van der Waals surface area (Å²) >= 11 is 0. The Morgan fingerprint density at radius 1 is 1.40 bits per heavy atom. The molecule has 1 unspecified atom stereocenters. The van der Waals surface area contributed by atoms with Gasteiger partial charge in [-0.15, -0.1) is 0 Å². The Bertz CT molecular complexity index is 545. The van der Waals surface area contributed by atoms with Crippen LogP contribution in [0.5, 0.6) is 0 Å². The van der Waals surface area contributed by atoms with Crippen LogP contribution in [0.15, 0.2) is 35.4 Å². The summed E-state index contributed by atoms with van der Waals surface area (Å²) in [6.45, 7) is 0.668. The summed E-state index contributed by atoms with van der Waals surface area (Å²) in [5, 5.41) is 9.63. The summed E-state index contributed by atoms with van der Waals surface area (Å²) in [7, 11) is 0. The summed E-state index contributed by atoms with van der Waals surface area (Å²) in [6, 6.07) is 8.88. The lowest BCUT2D eigenvalue weighted by Gasteiger charge is -2.29. The molecule has 7 heteroatoms. The first kappa shape index (κ1) is 12.6. The van der Waals surface area contributed by atoms with E-state index in [1.807, 2.05) is 18.2 Å². The van der Waals surface area contributed by atoms with Crippen LogP contribution in [0.1, 0.15) is 6.42 Å². The largest absolute Gasteiger partial charge is 0.324 e. The molecule has 7 nitrogen and oxygen atoms in total. The molecular weight excluding hydrogens is 258 g/mol. The average molecular weight is 273 g/mol. The van der Waals surface area contributed by atoms with Crippen molar-refractivity contribution in [1.82, 2.24) is 15.4 Å². The summed E-state index contributed by atoms with van der Waals surface area (Å²) in [4.78, 5) is 24.1. The van der Waals surface area contributed by atoms with Gasteiger partial charge >= 0.3 is 0 Å². The molecule has 2 heterocycles. The molecule has 2 N–H and O–H groups in total. The normalized spacial score (nSPS) is 21.0. The second-order valence-corrected chi connectivity index (χ2v) is 4.66. The third-order valence-electron chi connectivity index (χ3n) is 3.25. The summed E-state index contributed by atoms with van der Waals surface area (Å²) < 4.78 is 0. The highest BCUT2D eigenvalue weighted by Gasteiger charge is 2.36. The second kappa shape index (κ2) is 5.30. The van der Waals surface area contributed by atoms with E-state index in [9.17, 15) is 9.59 Å². The molecule has 1 saturated heterocycles. The van der Waals surface area contributed by atoms with Gasteiger partial charge in [-0.1, -0.05) is 18.2 Å². The van der Waals surface area contributed by atoms with Crippen LogP contribution in [0.4, 0.5) is 5.69 Å². The van der Waals surface area contributed by atoms with Crippen molar-refractivity contribution in [2.75, 3.05) is 18.4 Å². The first-order valence-electron chi connectivity index (χ1n) is 6.46. The quantitative estimate of drug-likeness (QED) is 0.812. The Hall–Kier alpha value is -2.41. The van der Waals surface area contributed by atoms with Crippen molar-refractivity contribution < 1.29 is 9.59 Å². The Morgan fingerprint density at radius 2 is 2.20 bits per heavy atom. The van der Waals surface area contributed by atoms with Gasteiger partial charge in [0.2, 0.25) is 5.91 Å². The van der Waals surface area contributed by atoms with Crippen LogP contribution in [0.3, 0.4) is 0 Å². The number of hydrogen-bond acceptors (Lipinski definition) is 5. The van der Waals surface area contributed by atoms with E-state index in [0.29, 0.717) is 5.69 Å². The number of anilines is 1. The van der Waals surface area contributed by atoms with E-state index in [-0.39, 0.29) is 24.4 Å². The number of amides is 2. The maximum absolute atomic E-state index is 12.1. The van der Waals surface area contributed by atoms with Crippen molar-refractivity contribution in [3.63, 3.8) is 0 Å². The average Bonchev–Trinajstić information content (AvgIpc) is 2.92. The maximum atomic E-state index is 12.1. The molecule has 0 saturated carbocycles. The third-order valence-corrected chi connectivity index (χ3v) is 3.25. The molecule has 0 bridgehead atoms. The molecule has 2 amide bonds. The van der Waals surface area contributed by atoms with Crippen molar-refractivity contribution in [2.24, 2.45) is 5.10 Å². The lowest BCUT2D eigenvalue weighted by atomic mass is 10.2. The molecule has 104 valence electrons. The van der Waals surface area contributed by atoms with Crippen LogP contribution >= 0.6 is 0 Å². The number of carbonyl (C=O) groups excluding carboxylic acids is 2. The minimum atomic E-state index is -0.263. The molecule has 0 aromatic heterocycles. The Labute approximate surface area is 116 Å². The number of carbonyl (C=O) groups is 2. The highest BCUT2D eigenvalue weighted by Crippen LogP contribution is 2.15. The zero-order chi connectivity index (χ0) is 13.9. The monoisotopic (exact) mass is 273 g/mol. The minimum absolute atomic E-state index is 0.0748. The van der Waals surface area contributed by atoms with Gasteiger partial charge in [-0.05, 0) is 18.6 Å². The highest BCUT2D eigenvalue weighted by molar-refractivity contribution is 5.96. The van der Waals surface area contributed by atoms with Gasteiger partial charge in [0, 0.05) is 12.2 Å². The predicted molar refractivity (Wildman–Crippen MR) is 73.5 cm³/mol. The zero-order valence-electron chi connectivity index (χ0n) is 10.8. The lowest BCUT2D eigenvalue weighted by molar-refractivity contribution is -0.139. The zero-order valence-corrected chi connectivity index (χ0v) is 10.8. The molecule has 1 aromatic rings. The van der Waals surface area contributed by atoms with Gasteiger partial charge in [-0.2, -0.15) is 5.10 Å². The molecule has 0 aliphatic carbocycles. The van der Waals surface area contributed by atoms with E-state index < -0.39 is 0 Å². The summed E-state index contributed by atoms with van der Waals surface area (Å²) in [5.74, 6) is -0.415. The van der Waals surface area contributed by atoms with Crippen LogP contribution in [-0.4, -0.2) is 47.3 Å². The number of hydrazine groups is 1. The predicted octanol–water partition coefficient (Wildman–Crippen LogP) is -0.0105. The molecule has 0 spiro atoms. The van der Waals surface area contributed by atoms with E-state index in [1.54, 1.807) is 23.5 Å². The van der Waals surface area contributed by atoms with Crippen LogP contribution in [-0.2, 0) is 9.59 Å². The number of rotatable bonds is 3. The molecular formula is C13H15N5O2. The maximum Gasteiger partial charge on any atom is 0.267 e. The first-order valence-corrected chi connectivity index (χ1v) is 6.46. The number of para-hydroxylation sites is 1. The lowest BCUT2D eigenvalue weighted by Crippen LogP contribution is -2.51. The fraction of sp³-hybridized carbons (Fsp3) is 0.308. The van der Waals surface area contributed by atoms with E-state index in [4.69, 9.17) is 0 Å². The standard InChI is InChI=1S/C13H15N5O2/c19-12(16-10-4-2-1-3-5-10)8-17-13(20)11-6-7-14-18(11)9-15-17/h1-5,9,11,14H,6-8H2,(H,16,19). The molecule has 2 aliphatic rings. The fourth-order valence-corrected chi connectivity index (χ4v) is 2.27. The van der Waals surface area contributed by atoms with Gasteiger partial charge in [0.1, 0.15) is 18.9 Å². The van der Waals surface area contributed by atoms with E-state index in [0.717, 1.165) is 13.0 Å². The van der Waals surface area contributed by atoms with Gasteiger partial charge in [0.25, 0.3) is 5.91 Å². The van der Waals surface area contributed by atoms with Crippen LogP contribution in [0.2, 0.25) is 0 Å². The van der Waals surface area contributed by atoms with Gasteiger partial charge in [-0.3, -0.25) is 14.6 Å². The van der Waals surface area contributed by atoms with E-state index in [1.165, 1.54) is 5.01 Å². The third kappa shape index (κ3) is 2.48. The summed E-state index contributed by atoms with van der Waals surface area (Å²) in [6.07, 6.45) is 2.27. The Balaban J connectivity index is 1.62. The number of hydrogen-bond donors (Lipinski definition) is 2. The number of nitrogens with zero attached hydrogens (tertiary/aromatic N) is 3. The SMILES string of the molecule is O=C(CN1N=CN2NCCC2C1=O)Nc1ccccc1. The van der Waals surface area contributed by atoms with Gasteiger partial charge in [0.15, 0.2) is 0 Å². The second-order valence-electron chi connectivity index (χ2n) is 4.66. The highest BCUT2D eigenvalue weighted by atomic mass is 16.2. The van der Waals surface area contributed by atoms with Gasteiger partial charge < -0.3 is 5.32 Å². The summed E-state index contributed by atoms with van der Waals surface area (Å²) in [5.41, 5.74) is 3.74. The van der Waals surface area contributed by atoms with Gasteiger partial charge in [0.05, 0.1) is 0 Å². The van der Waals surface area contributed by atoms with Crippen molar-refractivity contribution in [1.29, 1.82) is 0 Å². The molecule has 1 aromatic carbocycles. The van der Waals surface area contributed by atoms with Gasteiger partial charge in [-0.25, -0.2) is 10.4 Å². The van der Waals surface area contributed by atoms with Crippen molar-refractivity contribution in [3.05, 3.63) is 30.3 Å².